The van der Waals surface area contributed by atoms with E-state index in [1.165, 1.54) is 42.4 Å². The summed E-state index contributed by atoms with van der Waals surface area (Å²) in [6.45, 7) is 3.76. The van der Waals surface area contributed by atoms with Crippen molar-refractivity contribution in [2.45, 2.75) is 71.1 Å². The van der Waals surface area contributed by atoms with E-state index in [9.17, 15) is 4.79 Å². The standard InChI is InChI=1S/C32H34N2O2S/c1-2-34-29-18-20-37-31(29)21-30(34)32(35)27-22-33(28-13-7-6-12-26(27)28)19-8-9-23-14-16-25(17-15-23)36-24-10-4-3-5-11-24/h6-7,12-18,20-22,24H,2-5,8-11,19H2,1H3. The Labute approximate surface area is 222 Å². The summed E-state index contributed by atoms with van der Waals surface area (Å²) in [4.78, 5) is 13.7. The van der Waals surface area contributed by atoms with E-state index >= 15 is 0 Å². The van der Waals surface area contributed by atoms with Crippen LogP contribution in [-0.2, 0) is 19.5 Å². The van der Waals surface area contributed by atoms with E-state index in [-0.39, 0.29) is 5.78 Å². The largest absolute Gasteiger partial charge is 0.490 e. The second-order valence-corrected chi connectivity index (χ2v) is 11.1. The zero-order chi connectivity index (χ0) is 25.2. The van der Waals surface area contributed by atoms with Crippen LogP contribution in [0.4, 0.5) is 0 Å². The molecule has 0 bridgehead atoms. The number of benzene rings is 2. The minimum atomic E-state index is 0.105. The molecule has 1 aliphatic carbocycles. The predicted molar refractivity (Wildman–Crippen MR) is 153 cm³/mol. The van der Waals surface area contributed by atoms with Crippen LogP contribution in [0.5, 0.6) is 5.75 Å². The maximum Gasteiger partial charge on any atom is 0.211 e. The number of hydrogen-bond acceptors (Lipinski definition) is 3. The van der Waals surface area contributed by atoms with Gasteiger partial charge in [-0.2, -0.15) is 0 Å². The fraction of sp³-hybridized carbons (Fsp3) is 0.344. The number of aromatic nitrogens is 2. The van der Waals surface area contributed by atoms with Gasteiger partial charge in [-0.05, 0) is 86.7 Å². The number of rotatable bonds is 9. The van der Waals surface area contributed by atoms with Gasteiger partial charge in [0.15, 0.2) is 0 Å². The molecule has 0 amide bonds. The first-order valence-electron chi connectivity index (χ1n) is 13.7. The zero-order valence-corrected chi connectivity index (χ0v) is 22.3. The van der Waals surface area contributed by atoms with Crippen molar-refractivity contribution in [1.29, 1.82) is 0 Å². The molecule has 0 aliphatic heterocycles. The zero-order valence-electron chi connectivity index (χ0n) is 21.5. The quantitative estimate of drug-likeness (QED) is 0.187. The summed E-state index contributed by atoms with van der Waals surface area (Å²) in [5, 5.41) is 3.12. The van der Waals surface area contributed by atoms with Gasteiger partial charge in [-0.25, -0.2) is 0 Å². The molecule has 6 rings (SSSR count). The molecule has 190 valence electrons. The van der Waals surface area contributed by atoms with Gasteiger partial charge in [0, 0.05) is 35.8 Å². The van der Waals surface area contributed by atoms with Gasteiger partial charge in [0.2, 0.25) is 5.78 Å². The Morgan fingerprint density at radius 3 is 2.62 bits per heavy atom. The van der Waals surface area contributed by atoms with Crippen molar-refractivity contribution in [3.8, 4) is 5.75 Å². The second-order valence-electron chi connectivity index (χ2n) is 10.2. The number of ether oxygens (including phenoxy) is 1. The van der Waals surface area contributed by atoms with Crippen LogP contribution in [0.3, 0.4) is 0 Å². The molecule has 4 nitrogen and oxygen atoms in total. The highest BCUT2D eigenvalue weighted by Gasteiger charge is 2.21. The fourth-order valence-electron chi connectivity index (χ4n) is 5.82. The Hall–Kier alpha value is -3.31. The van der Waals surface area contributed by atoms with E-state index in [1.807, 2.05) is 6.07 Å². The molecule has 2 aromatic carbocycles. The second kappa shape index (κ2) is 10.6. The normalized spacial score (nSPS) is 14.5. The molecule has 0 radical (unpaired) electrons. The van der Waals surface area contributed by atoms with Crippen LogP contribution in [0.15, 0.2) is 72.2 Å². The van der Waals surface area contributed by atoms with Crippen LogP contribution in [0.25, 0.3) is 21.1 Å². The summed E-state index contributed by atoms with van der Waals surface area (Å²) in [6, 6.07) is 21.1. The highest BCUT2D eigenvalue weighted by atomic mass is 32.1. The Bertz CT molecular complexity index is 1520. The number of carbonyl (C=O) groups is 1. The molecule has 3 aromatic heterocycles. The van der Waals surface area contributed by atoms with Gasteiger partial charge >= 0.3 is 0 Å². The molecule has 1 aliphatic rings. The molecular formula is C32H34N2O2S. The van der Waals surface area contributed by atoms with Gasteiger partial charge in [0.05, 0.1) is 22.0 Å². The number of thiophene rings is 1. The molecule has 0 unspecified atom stereocenters. The van der Waals surface area contributed by atoms with Gasteiger partial charge in [0.1, 0.15) is 5.75 Å². The van der Waals surface area contributed by atoms with Crippen molar-refractivity contribution in [2.24, 2.45) is 0 Å². The average molecular weight is 511 g/mol. The summed E-state index contributed by atoms with van der Waals surface area (Å²) in [5.41, 5.74) is 5.17. The molecule has 0 spiro atoms. The van der Waals surface area contributed by atoms with E-state index < -0.39 is 0 Å². The lowest BCUT2D eigenvalue weighted by Crippen LogP contribution is -2.19. The molecule has 5 heteroatoms. The van der Waals surface area contributed by atoms with Crippen molar-refractivity contribution >= 4 is 38.2 Å². The Morgan fingerprint density at radius 1 is 1.00 bits per heavy atom. The smallest absolute Gasteiger partial charge is 0.211 e. The van der Waals surface area contributed by atoms with E-state index in [0.717, 1.165) is 59.4 Å². The average Bonchev–Trinajstić information content (AvgIpc) is 3.63. The highest BCUT2D eigenvalue weighted by molar-refractivity contribution is 7.17. The third-order valence-electron chi connectivity index (χ3n) is 7.75. The topological polar surface area (TPSA) is 36.2 Å². The molecule has 1 fully saturated rings. The van der Waals surface area contributed by atoms with Gasteiger partial charge in [-0.15, -0.1) is 11.3 Å². The maximum atomic E-state index is 13.7. The Morgan fingerprint density at radius 2 is 1.81 bits per heavy atom. The van der Waals surface area contributed by atoms with Crippen LogP contribution in [0.2, 0.25) is 0 Å². The molecule has 37 heavy (non-hydrogen) atoms. The number of carbonyl (C=O) groups excluding carboxylic acids is 1. The van der Waals surface area contributed by atoms with Crippen LogP contribution in [0, 0.1) is 0 Å². The van der Waals surface area contributed by atoms with Gasteiger partial charge in [-0.3, -0.25) is 4.79 Å². The van der Waals surface area contributed by atoms with Crippen molar-refractivity contribution in [3.05, 3.63) is 89.1 Å². The maximum absolute atomic E-state index is 13.7. The van der Waals surface area contributed by atoms with Gasteiger partial charge < -0.3 is 13.9 Å². The van der Waals surface area contributed by atoms with E-state index in [0.29, 0.717) is 6.10 Å². The number of para-hydroxylation sites is 1. The van der Waals surface area contributed by atoms with Gasteiger partial charge in [0.25, 0.3) is 0 Å². The third-order valence-corrected chi connectivity index (χ3v) is 8.60. The van der Waals surface area contributed by atoms with Gasteiger partial charge in [-0.1, -0.05) is 36.8 Å². The molecule has 0 saturated heterocycles. The minimum Gasteiger partial charge on any atom is -0.490 e. The molecule has 0 atom stereocenters. The lowest BCUT2D eigenvalue weighted by molar-refractivity contribution is 0.103. The summed E-state index contributed by atoms with van der Waals surface area (Å²) < 4.78 is 11.8. The Kier molecular flexibility index (Phi) is 6.88. The monoisotopic (exact) mass is 510 g/mol. The van der Waals surface area contributed by atoms with Crippen molar-refractivity contribution in [3.63, 3.8) is 0 Å². The first kappa shape index (κ1) is 24.1. The summed E-state index contributed by atoms with van der Waals surface area (Å²) >= 11 is 1.69. The highest BCUT2D eigenvalue weighted by Crippen LogP contribution is 2.30. The molecule has 1 saturated carbocycles. The number of nitrogens with zero attached hydrogens (tertiary/aromatic N) is 2. The van der Waals surface area contributed by atoms with E-state index in [1.54, 1.807) is 11.3 Å². The van der Waals surface area contributed by atoms with Crippen LogP contribution in [0.1, 0.15) is 67.1 Å². The number of hydrogen-bond donors (Lipinski definition) is 0. The molecular weight excluding hydrogens is 476 g/mol. The first-order valence-corrected chi connectivity index (χ1v) is 14.5. The fourth-order valence-corrected chi connectivity index (χ4v) is 6.64. The number of ketones is 1. The first-order chi connectivity index (χ1) is 18.2. The van der Waals surface area contributed by atoms with E-state index in [4.69, 9.17) is 4.74 Å². The van der Waals surface area contributed by atoms with Crippen LogP contribution >= 0.6 is 11.3 Å². The van der Waals surface area contributed by atoms with Crippen LogP contribution < -0.4 is 4.74 Å². The molecule has 5 aromatic rings. The van der Waals surface area contributed by atoms with E-state index in [2.05, 4.69) is 82.2 Å². The molecule has 3 heterocycles. The van der Waals surface area contributed by atoms with Crippen molar-refractivity contribution in [1.82, 2.24) is 9.13 Å². The summed E-state index contributed by atoms with van der Waals surface area (Å²) in [7, 11) is 0. The SMILES string of the molecule is CCn1c(C(=O)c2cn(CCCc3ccc(OC4CCCCC4)cc3)c3ccccc23)cc2sccc21. The summed E-state index contributed by atoms with van der Waals surface area (Å²) in [6.07, 6.45) is 10.7. The van der Waals surface area contributed by atoms with Crippen LogP contribution in [-0.4, -0.2) is 21.0 Å². The third kappa shape index (κ3) is 4.85. The lowest BCUT2D eigenvalue weighted by atomic mass is 9.98. The lowest BCUT2D eigenvalue weighted by Gasteiger charge is -2.23. The van der Waals surface area contributed by atoms with Crippen molar-refractivity contribution < 1.29 is 9.53 Å². The Balaban J connectivity index is 1.16. The summed E-state index contributed by atoms with van der Waals surface area (Å²) in [5.74, 6) is 1.10. The van der Waals surface area contributed by atoms with Crippen molar-refractivity contribution in [2.75, 3.05) is 0 Å². The number of fused-ring (bicyclic) bond motifs is 2. The predicted octanol–water partition coefficient (Wildman–Crippen LogP) is 8.25. The molecule has 0 N–H and O–H groups in total. The minimum absolute atomic E-state index is 0.105. The number of aryl methyl sites for hydroxylation is 3.